The van der Waals surface area contributed by atoms with Crippen molar-refractivity contribution in [3.63, 3.8) is 0 Å². The van der Waals surface area contributed by atoms with Gasteiger partial charge in [-0.15, -0.1) is 0 Å². The SMILES string of the molecule is O=C1CCC[C@@H]2[C@@H]3C=C4CCCN[C@@H]4[C@@H](C3)CN12. The Bertz CT molecular complexity index is 403. The largest absolute Gasteiger partial charge is 0.339 e. The van der Waals surface area contributed by atoms with Gasteiger partial charge < -0.3 is 10.2 Å². The van der Waals surface area contributed by atoms with Gasteiger partial charge in [0.1, 0.15) is 0 Å². The van der Waals surface area contributed by atoms with Crippen molar-refractivity contribution in [3.05, 3.63) is 11.6 Å². The van der Waals surface area contributed by atoms with E-state index in [2.05, 4.69) is 16.3 Å². The molecule has 3 heterocycles. The van der Waals surface area contributed by atoms with E-state index in [9.17, 15) is 4.79 Å². The van der Waals surface area contributed by atoms with Crippen molar-refractivity contribution in [2.24, 2.45) is 11.8 Å². The van der Waals surface area contributed by atoms with Crippen LogP contribution in [-0.2, 0) is 4.79 Å². The molecule has 4 atom stereocenters. The molecule has 0 aromatic heterocycles. The van der Waals surface area contributed by atoms with Gasteiger partial charge in [-0.2, -0.15) is 0 Å². The molecular formula is C15H22N2O. The van der Waals surface area contributed by atoms with Crippen LogP contribution < -0.4 is 5.32 Å². The van der Waals surface area contributed by atoms with Crippen LogP contribution in [0.4, 0.5) is 0 Å². The van der Waals surface area contributed by atoms with Crippen molar-refractivity contribution in [1.82, 2.24) is 10.2 Å². The van der Waals surface area contributed by atoms with Crippen LogP contribution in [-0.4, -0.2) is 36.0 Å². The lowest BCUT2D eigenvalue weighted by Crippen LogP contribution is -2.59. The van der Waals surface area contributed by atoms with Gasteiger partial charge in [-0.3, -0.25) is 4.79 Å². The molecule has 3 nitrogen and oxygen atoms in total. The molecule has 18 heavy (non-hydrogen) atoms. The standard InChI is InChI=1S/C15H22N2O/c18-14-5-1-4-13-11-7-10-3-2-6-16-15(10)12(8-11)9-17(13)14/h7,11-13,15-16H,1-6,8-9H2/t11-,12+,13-,15+/m1/s1. The molecule has 1 amide bonds. The highest BCUT2D eigenvalue weighted by atomic mass is 16.2. The third-order valence-electron chi connectivity index (χ3n) is 5.42. The molecule has 4 rings (SSSR count). The van der Waals surface area contributed by atoms with Gasteiger partial charge in [0.15, 0.2) is 0 Å². The van der Waals surface area contributed by atoms with E-state index in [1.165, 1.54) is 25.7 Å². The van der Waals surface area contributed by atoms with E-state index >= 15 is 0 Å². The van der Waals surface area contributed by atoms with E-state index in [0.717, 1.165) is 25.9 Å². The zero-order valence-electron chi connectivity index (χ0n) is 10.9. The first-order chi connectivity index (χ1) is 8.83. The van der Waals surface area contributed by atoms with E-state index < -0.39 is 0 Å². The second-order valence-corrected chi connectivity index (χ2v) is 6.44. The molecule has 98 valence electrons. The third-order valence-corrected chi connectivity index (χ3v) is 5.42. The van der Waals surface area contributed by atoms with Crippen LogP contribution in [0.5, 0.6) is 0 Å². The molecule has 3 aliphatic heterocycles. The minimum Gasteiger partial charge on any atom is -0.339 e. The summed E-state index contributed by atoms with van der Waals surface area (Å²) in [7, 11) is 0. The minimum absolute atomic E-state index is 0.411. The number of nitrogens with one attached hydrogen (secondary N) is 1. The summed E-state index contributed by atoms with van der Waals surface area (Å²) in [5, 5.41) is 3.68. The van der Waals surface area contributed by atoms with E-state index in [4.69, 9.17) is 0 Å². The quantitative estimate of drug-likeness (QED) is 0.660. The number of nitrogens with zero attached hydrogens (tertiary/aromatic N) is 1. The van der Waals surface area contributed by atoms with Gasteiger partial charge in [0.05, 0.1) is 0 Å². The monoisotopic (exact) mass is 246 g/mol. The molecule has 0 radical (unpaired) electrons. The lowest BCUT2D eigenvalue weighted by atomic mass is 9.68. The molecule has 0 aromatic carbocycles. The first-order valence-electron chi connectivity index (χ1n) is 7.56. The average Bonchev–Trinajstić information content (AvgIpc) is 2.40. The van der Waals surface area contributed by atoms with Crippen molar-refractivity contribution in [2.75, 3.05) is 13.1 Å². The van der Waals surface area contributed by atoms with Crippen LogP contribution in [0.3, 0.4) is 0 Å². The number of rotatable bonds is 0. The number of piperidine rings is 3. The highest BCUT2D eigenvalue weighted by Crippen LogP contribution is 2.42. The van der Waals surface area contributed by atoms with Gasteiger partial charge in [-0.25, -0.2) is 0 Å². The lowest BCUT2D eigenvalue weighted by molar-refractivity contribution is -0.141. The van der Waals surface area contributed by atoms with Gasteiger partial charge in [0, 0.05) is 25.0 Å². The maximum atomic E-state index is 12.1. The summed E-state index contributed by atoms with van der Waals surface area (Å²) in [6.45, 7) is 2.16. The normalized spacial score (nSPS) is 43.0. The smallest absolute Gasteiger partial charge is 0.222 e. The Hall–Kier alpha value is -0.830. The fourth-order valence-corrected chi connectivity index (χ4v) is 4.65. The second kappa shape index (κ2) is 4.09. The molecular weight excluding hydrogens is 224 g/mol. The number of fused-ring (bicyclic) bond motifs is 6. The van der Waals surface area contributed by atoms with Crippen molar-refractivity contribution in [2.45, 2.75) is 50.6 Å². The minimum atomic E-state index is 0.411. The number of amides is 1. The zero-order chi connectivity index (χ0) is 12.1. The maximum absolute atomic E-state index is 12.1. The second-order valence-electron chi connectivity index (χ2n) is 6.44. The molecule has 3 heteroatoms. The molecule has 1 aliphatic carbocycles. The van der Waals surface area contributed by atoms with Gasteiger partial charge >= 0.3 is 0 Å². The Kier molecular flexibility index (Phi) is 2.51. The fraction of sp³-hybridized carbons (Fsp3) is 0.800. The summed E-state index contributed by atoms with van der Waals surface area (Å²) in [4.78, 5) is 14.3. The molecule has 0 aromatic rings. The number of carbonyl (C=O) groups excluding carboxylic acids is 1. The predicted molar refractivity (Wildman–Crippen MR) is 70.1 cm³/mol. The van der Waals surface area contributed by atoms with Crippen molar-refractivity contribution in [3.8, 4) is 0 Å². The van der Waals surface area contributed by atoms with Crippen molar-refractivity contribution < 1.29 is 4.79 Å². The summed E-state index contributed by atoms with van der Waals surface area (Å²) >= 11 is 0. The molecule has 3 saturated heterocycles. The molecule has 3 fully saturated rings. The summed E-state index contributed by atoms with van der Waals surface area (Å²) in [5.41, 5.74) is 1.65. The Morgan fingerprint density at radius 1 is 1.28 bits per heavy atom. The first kappa shape index (κ1) is 11.0. The summed E-state index contributed by atoms with van der Waals surface area (Å²) in [6.07, 6.45) is 9.51. The molecule has 0 spiro atoms. The van der Waals surface area contributed by atoms with Crippen LogP contribution in [0.1, 0.15) is 38.5 Å². The van der Waals surface area contributed by atoms with E-state index in [1.807, 2.05) is 0 Å². The Morgan fingerprint density at radius 3 is 3.17 bits per heavy atom. The fourth-order valence-electron chi connectivity index (χ4n) is 4.65. The summed E-state index contributed by atoms with van der Waals surface area (Å²) < 4.78 is 0. The topological polar surface area (TPSA) is 32.3 Å². The van der Waals surface area contributed by atoms with E-state index in [1.54, 1.807) is 5.57 Å². The van der Waals surface area contributed by atoms with Crippen molar-refractivity contribution >= 4 is 5.91 Å². The van der Waals surface area contributed by atoms with Crippen LogP contribution in [0.15, 0.2) is 11.6 Å². The molecule has 2 bridgehead atoms. The molecule has 4 aliphatic rings. The number of carbonyl (C=O) groups is 1. The van der Waals surface area contributed by atoms with Crippen LogP contribution in [0.2, 0.25) is 0 Å². The highest BCUT2D eigenvalue weighted by Gasteiger charge is 2.45. The zero-order valence-corrected chi connectivity index (χ0v) is 10.9. The molecule has 0 saturated carbocycles. The summed E-state index contributed by atoms with van der Waals surface area (Å²) in [6, 6.07) is 1.10. The molecule has 1 N–H and O–H groups in total. The van der Waals surface area contributed by atoms with Gasteiger partial charge in [-0.05, 0) is 50.5 Å². The van der Waals surface area contributed by atoms with E-state index in [0.29, 0.717) is 29.8 Å². The Balaban J connectivity index is 1.67. The molecule has 0 unspecified atom stereocenters. The van der Waals surface area contributed by atoms with Gasteiger partial charge in [-0.1, -0.05) is 11.6 Å². The van der Waals surface area contributed by atoms with Gasteiger partial charge in [0.25, 0.3) is 0 Å². The van der Waals surface area contributed by atoms with Crippen LogP contribution >= 0.6 is 0 Å². The van der Waals surface area contributed by atoms with Crippen LogP contribution in [0.25, 0.3) is 0 Å². The Labute approximate surface area is 109 Å². The van der Waals surface area contributed by atoms with E-state index in [-0.39, 0.29) is 0 Å². The van der Waals surface area contributed by atoms with Crippen LogP contribution in [0, 0.1) is 11.8 Å². The maximum Gasteiger partial charge on any atom is 0.222 e. The van der Waals surface area contributed by atoms with Gasteiger partial charge in [0.2, 0.25) is 5.91 Å². The number of hydrogen-bond acceptors (Lipinski definition) is 2. The third kappa shape index (κ3) is 1.56. The summed E-state index contributed by atoms with van der Waals surface area (Å²) in [5.74, 6) is 1.74. The predicted octanol–water partition coefficient (Wildman–Crippen LogP) is 1.70. The highest BCUT2D eigenvalue weighted by molar-refractivity contribution is 5.77. The average molecular weight is 246 g/mol. The first-order valence-corrected chi connectivity index (χ1v) is 7.56. The number of hydrogen-bond donors (Lipinski definition) is 1. The van der Waals surface area contributed by atoms with Crippen molar-refractivity contribution in [1.29, 1.82) is 0 Å². The Morgan fingerprint density at radius 2 is 2.22 bits per heavy atom. The lowest BCUT2D eigenvalue weighted by Gasteiger charge is -2.52.